The number of aryl methyl sites for hydroxylation is 1. The smallest absolute Gasteiger partial charge is 0.337 e. The average molecular weight is 275 g/mol. The van der Waals surface area contributed by atoms with Crippen LogP contribution in [0.1, 0.15) is 49.0 Å². The van der Waals surface area contributed by atoms with Crippen molar-refractivity contribution >= 4 is 17.6 Å². The van der Waals surface area contributed by atoms with Gasteiger partial charge in [-0.25, -0.2) is 4.79 Å². The molecule has 1 aliphatic carbocycles. The molecule has 1 unspecified atom stereocenters. The molecule has 0 spiro atoms. The number of benzene rings is 1. The summed E-state index contributed by atoms with van der Waals surface area (Å²) in [6, 6.07) is 5.01. The molecule has 20 heavy (non-hydrogen) atoms. The predicted octanol–water partition coefficient (Wildman–Crippen LogP) is 3.46. The number of amides is 1. The molecular weight excluding hydrogens is 254 g/mol. The van der Waals surface area contributed by atoms with Gasteiger partial charge in [0.2, 0.25) is 5.91 Å². The van der Waals surface area contributed by atoms with Crippen molar-refractivity contribution in [2.24, 2.45) is 11.3 Å². The number of rotatable bonds is 3. The SMILES string of the molecule is Cc1cccc(C(=O)O)c1NC(=O)C1CCCC1(C)C. The van der Waals surface area contributed by atoms with Crippen LogP contribution in [0.5, 0.6) is 0 Å². The zero-order valence-electron chi connectivity index (χ0n) is 12.2. The van der Waals surface area contributed by atoms with Gasteiger partial charge in [-0.2, -0.15) is 0 Å². The minimum absolute atomic E-state index is 0.0177. The van der Waals surface area contributed by atoms with E-state index in [0.29, 0.717) is 5.69 Å². The van der Waals surface area contributed by atoms with Gasteiger partial charge in [0, 0.05) is 5.92 Å². The minimum Gasteiger partial charge on any atom is -0.478 e. The topological polar surface area (TPSA) is 66.4 Å². The molecule has 0 aliphatic heterocycles. The Hall–Kier alpha value is -1.84. The molecule has 1 aromatic rings. The van der Waals surface area contributed by atoms with Gasteiger partial charge in [0.15, 0.2) is 0 Å². The number of carbonyl (C=O) groups is 2. The summed E-state index contributed by atoms with van der Waals surface area (Å²) < 4.78 is 0. The summed E-state index contributed by atoms with van der Waals surface area (Å²) in [4.78, 5) is 23.7. The Morgan fingerprint density at radius 3 is 2.60 bits per heavy atom. The van der Waals surface area contributed by atoms with Crippen LogP contribution in [0.3, 0.4) is 0 Å². The molecule has 1 aliphatic rings. The first-order chi connectivity index (χ1) is 9.33. The highest BCUT2D eigenvalue weighted by Crippen LogP contribution is 2.43. The number of carboxylic acids is 1. The monoisotopic (exact) mass is 275 g/mol. The van der Waals surface area contributed by atoms with Crippen molar-refractivity contribution in [1.82, 2.24) is 0 Å². The molecule has 0 radical (unpaired) electrons. The molecule has 0 bridgehead atoms. The fourth-order valence-electron chi connectivity index (χ4n) is 3.03. The van der Waals surface area contributed by atoms with E-state index in [9.17, 15) is 14.7 Å². The fourth-order valence-corrected chi connectivity index (χ4v) is 3.03. The van der Waals surface area contributed by atoms with Crippen molar-refractivity contribution in [3.05, 3.63) is 29.3 Å². The number of carboxylic acid groups (broad SMARTS) is 1. The molecule has 4 heteroatoms. The number of carbonyl (C=O) groups excluding carboxylic acids is 1. The van der Waals surface area contributed by atoms with Crippen molar-refractivity contribution in [1.29, 1.82) is 0 Å². The van der Waals surface area contributed by atoms with E-state index in [1.165, 1.54) is 6.07 Å². The lowest BCUT2D eigenvalue weighted by Crippen LogP contribution is -2.31. The zero-order chi connectivity index (χ0) is 14.9. The van der Waals surface area contributed by atoms with E-state index in [1.54, 1.807) is 6.07 Å². The molecule has 108 valence electrons. The molecule has 0 aromatic heterocycles. The minimum atomic E-state index is -1.02. The van der Waals surface area contributed by atoms with Gasteiger partial charge in [0.1, 0.15) is 0 Å². The third-order valence-corrected chi connectivity index (χ3v) is 4.33. The van der Waals surface area contributed by atoms with Crippen molar-refractivity contribution in [2.45, 2.75) is 40.0 Å². The van der Waals surface area contributed by atoms with Gasteiger partial charge >= 0.3 is 5.97 Å². The summed E-state index contributed by atoms with van der Waals surface area (Å²) >= 11 is 0. The first-order valence-corrected chi connectivity index (χ1v) is 6.97. The van der Waals surface area contributed by atoms with Crippen LogP contribution < -0.4 is 5.32 Å². The fraction of sp³-hybridized carbons (Fsp3) is 0.500. The Morgan fingerprint density at radius 1 is 1.35 bits per heavy atom. The van der Waals surface area contributed by atoms with Crippen LogP contribution in [0.15, 0.2) is 18.2 Å². The van der Waals surface area contributed by atoms with Gasteiger partial charge in [-0.15, -0.1) is 0 Å². The number of hydrogen-bond acceptors (Lipinski definition) is 2. The first kappa shape index (κ1) is 14.6. The van der Waals surface area contributed by atoms with E-state index in [1.807, 2.05) is 13.0 Å². The Kier molecular flexibility index (Phi) is 3.84. The lowest BCUT2D eigenvalue weighted by molar-refractivity contribution is -0.122. The largest absolute Gasteiger partial charge is 0.478 e. The number of para-hydroxylation sites is 1. The number of nitrogens with one attached hydrogen (secondary N) is 1. The van der Waals surface area contributed by atoms with Crippen molar-refractivity contribution in [3.63, 3.8) is 0 Å². The molecule has 1 saturated carbocycles. The van der Waals surface area contributed by atoms with E-state index >= 15 is 0 Å². The molecule has 1 amide bonds. The Labute approximate surface area is 119 Å². The normalized spacial score (nSPS) is 20.6. The second-order valence-corrected chi connectivity index (χ2v) is 6.23. The summed E-state index contributed by atoms with van der Waals surface area (Å²) in [5, 5.41) is 12.1. The van der Waals surface area contributed by atoms with Crippen LogP contribution >= 0.6 is 0 Å². The van der Waals surface area contributed by atoms with E-state index in [2.05, 4.69) is 19.2 Å². The van der Waals surface area contributed by atoms with E-state index in [4.69, 9.17) is 0 Å². The first-order valence-electron chi connectivity index (χ1n) is 6.97. The maximum atomic E-state index is 12.5. The highest BCUT2D eigenvalue weighted by atomic mass is 16.4. The standard InChI is InChI=1S/C16H21NO3/c1-10-6-4-7-11(15(19)20)13(10)17-14(18)12-8-5-9-16(12,2)3/h4,6-7,12H,5,8-9H2,1-3H3,(H,17,18)(H,19,20). The van der Waals surface area contributed by atoms with Crippen LogP contribution in [0.25, 0.3) is 0 Å². The Morgan fingerprint density at radius 2 is 2.05 bits per heavy atom. The molecule has 4 nitrogen and oxygen atoms in total. The molecular formula is C16H21NO3. The van der Waals surface area contributed by atoms with E-state index in [-0.39, 0.29) is 22.8 Å². The zero-order valence-corrected chi connectivity index (χ0v) is 12.2. The van der Waals surface area contributed by atoms with Gasteiger partial charge in [-0.1, -0.05) is 32.4 Å². The third-order valence-electron chi connectivity index (χ3n) is 4.33. The van der Waals surface area contributed by atoms with Crippen LogP contribution in [0, 0.1) is 18.3 Å². The second-order valence-electron chi connectivity index (χ2n) is 6.23. The van der Waals surface area contributed by atoms with Crippen LogP contribution in [0.4, 0.5) is 5.69 Å². The number of aromatic carboxylic acids is 1. The summed E-state index contributed by atoms with van der Waals surface area (Å²) in [6.45, 7) is 6.00. The lowest BCUT2D eigenvalue weighted by atomic mass is 9.81. The van der Waals surface area contributed by atoms with Gasteiger partial charge in [0.25, 0.3) is 0 Å². The maximum Gasteiger partial charge on any atom is 0.337 e. The van der Waals surface area contributed by atoms with Gasteiger partial charge < -0.3 is 10.4 Å². The van der Waals surface area contributed by atoms with Gasteiger partial charge in [-0.05, 0) is 36.8 Å². The summed E-state index contributed by atoms with van der Waals surface area (Å²) in [7, 11) is 0. The average Bonchev–Trinajstić information content (AvgIpc) is 2.71. The predicted molar refractivity (Wildman–Crippen MR) is 77.9 cm³/mol. The maximum absolute atomic E-state index is 12.5. The number of anilines is 1. The van der Waals surface area contributed by atoms with Crippen molar-refractivity contribution in [2.75, 3.05) is 5.32 Å². The third kappa shape index (κ3) is 2.69. The molecule has 2 N–H and O–H groups in total. The molecule has 0 saturated heterocycles. The van der Waals surface area contributed by atoms with E-state index in [0.717, 1.165) is 24.8 Å². The summed E-state index contributed by atoms with van der Waals surface area (Å²) in [5.41, 5.74) is 1.33. The number of hydrogen-bond donors (Lipinski definition) is 2. The van der Waals surface area contributed by atoms with Crippen LogP contribution in [0.2, 0.25) is 0 Å². The highest BCUT2D eigenvalue weighted by Gasteiger charge is 2.39. The Bertz CT molecular complexity index is 549. The summed E-state index contributed by atoms with van der Waals surface area (Å²) in [6.07, 6.45) is 2.95. The van der Waals surface area contributed by atoms with Gasteiger partial charge in [-0.3, -0.25) is 4.79 Å². The molecule has 0 heterocycles. The second kappa shape index (κ2) is 5.27. The lowest BCUT2D eigenvalue weighted by Gasteiger charge is -2.26. The molecule has 1 aromatic carbocycles. The van der Waals surface area contributed by atoms with Crippen molar-refractivity contribution < 1.29 is 14.7 Å². The highest BCUT2D eigenvalue weighted by molar-refractivity contribution is 6.02. The van der Waals surface area contributed by atoms with Crippen molar-refractivity contribution in [3.8, 4) is 0 Å². The van der Waals surface area contributed by atoms with Gasteiger partial charge in [0.05, 0.1) is 11.3 Å². The van der Waals surface area contributed by atoms with Crippen LogP contribution in [-0.2, 0) is 4.79 Å². The van der Waals surface area contributed by atoms with Crippen LogP contribution in [-0.4, -0.2) is 17.0 Å². The molecule has 1 atom stereocenters. The summed E-state index contributed by atoms with van der Waals surface area (Å²) in [5.74, 6) is -1.14. The van der Waals surface area contributed by atoms with E-state index < -0.39 is 5.97 Å². The Balaban J connectivity index is 2.26. The quantitative estimate of drug-likeness (QED) is 0.887. The molecule has 1 fully saturated rings. The molecule has 2 rings (SSSR count).